The van der Waals surface area contributed by atoms with Gasteiger partial charge in [0.25, 0.3) is 0 Å². The molecule has 0 spiro atoms. The van der Waals surface area contributed by atoms with Crippen LogP contribution in [0.15, 0.2) is 108 Å². The summed E-state index contributed by atoms with van der Waals surface area (Å²) in [7, 11) is -4.05. The summed E-state index contributed by atoms with van der Waals surface area (Å²) >= 11 is 0. The van der Waals surface area contributed by atoms with Crippen LogP contribution in [-0.4, -0.2) is 40.2 Å². The van der Waals surface area contributed by atoms with E-state index in [1.165, 1.54) is 18.2 Å². The Hall–Kier alpha value is -4.63. The predicted octanol–water partition coefficient (Wildman–Crippen LogP) is 6.03. The Morgan fingerprint density at radius 3 is 2.12 bits per heavy atom. The number of ether oxygens (including phenoxy) is 2. The van der Waals surface area contributed by atoms with Gasteiger partial charge in [-0.05, 0) is 59.0 Å². The number of carbonyl (C=O) groups excluding carboxylic acids is 2. The third-order valence-corrected chi connectivity index (χ3v) is 8.38. The highest BCUT2D eigenvalue weighted by Crippen LogP contribution is 2.44. The molecule has 0 aromatic heterocycles. The number of alkyl carbamates (subject to hydrolysis) is 1. The zero-order valence-electron chi connectivity index (χ0n) is 23.1. The zero-order valence-corrected chi connectivity index (χ0v) is 23.9. The lowest BCUT2D eigenvalue weighted by atomic mass is 9.95. The van der Waals surface area contributed by atoms with Crippen molar-refractivity contribution >= 4 is 22.2 Å². The van der Waals surface area contributed by atoms with Crippen molar-refractivity contribution in [3.8, 4) is 16.9 Å². The number of nitrogens with one attached hydrogen (secondary N) is 1. The Labute approximate surface area is 245 Å². The van der Waals surface area contributed by atoms with Crippen molar-refractivity contribution in [1.29, 1.82) is 0 Å². The lowest BCUT2D eigenvalue weighted by Crippen LogP contribution is -2.31. The van der Waals surface area contributed by atoms with Gasteiger partial charge in [0.2, 0.25) is 0 Å². The van der Waals surface area contributed by atoms with Crippen LogP contribution in [0.5, 0.6) is 5.75 Å². The van der Waals surface area contributed by atoms with Gasteiger partial charge in [0, 0.05) is 18.4 Å². The molecule has 0 heterocycles. The second kappa shape index (κ2) is 12.9. The van der Waals surface area contributed by atoms with Crippen LogP contribution >= 0.6 is 0 Å². The molecular weight excluding hydrogens is 554 g/mol. The highest BCUT2D eigenvalue weighted by Gasteiger charge is 2.29. The maximum absolute atomic E-state index is 12.8. The van der Waals surface area contributed by atoms with E-state index in [9.17, 15) is 18.0 Å². The molecule has 0 radical (unpaired) electrons. The Morgan fingerprint density at radius 2 is 1.45 bits per heavy atom. The van der Waals surface area contributed by atoms with Gasteiger partial charge in [-0.3, -0.25) is 4.79 Å². The summed E-state index contributed by atoms with van der Waals surface area (Å²) in [6, 6.07) is 30.4. The molecule has 1 amide bonds. The summed E-state index contributed by atoms with van der Waals surface area (Å²) < 4.78 is 41.6. The fourth-order valence-electron chi connectivity index (χ4n) is 5.17. The van der Waals surface area contributed by atoms with Crippen molar-refractivity contribution in [2.24, 2.45) is 0 Å². The number of carbonyl (C=O) groups is 2. The van der Waals surface area contributed by atoms with Gasteiger partial charge in [-0.2, -0.15) is 8.42 Å². The first-order valence-electron chi connectivity index (χ1n) is 13.7. The van der Waals surface area contributed by atoms with Crippen molar-refractivity contribution in [3.63, 3.8) is 0 Å². The molecule has 0 saturated carbocycles. The molecule has 4 aromatic carbocycles. The minimum atomic E-state index is -4.05. The number of benzene rings is 4. The van der Waals surface area contributed by atoms with Crippen LogP contribution in [0.3, 0.4) is 0 Å². The average Bonchev–Trinajstić information content (AvgIpc) is 3.32. The van der Waals surface area contributed by atoms with Gasteiger partial charge in [0.05, 0.1) is 13.0 Å². The average molecular weight is 586 g/mol. The molecule has 8 nitrogen and oxygen atoms in total. The van der Waals surface area contributed by atoms with Gasteiger partial charge >= 0.3 is 22.2 Å². The van der Waals surface area contributed by atoms with Crippen molar-refractivity contribution in [1.82, 2.24) is 5.32 Å². The molecule has 9 heteroatoms. The maximum Gasteiger partial charge on any atom is 0.407 e. The second-order valence-electron chi connectivity index (χ2n) is 9.84. The molecular formula is C33H31NO7S. The minimum Gasteiger partial charge on any atom is -0.466 e. The standard InChI is InChI=1S/C33H31NO7S/c1-2-39-32(35)20-24(23-11-10-12-25(19-23)41-42(37,38)26-13-4-3-5-14-26)21-34-33(36)40-22-31-29-17-8-6-15-27(29)28-16-7-9-18-30(28)31/h3-19,24,31H,2,20-22H2,1H3,(H,34,36). The molecule has 1 aliphatic rings. The molecule has 5 rings (SSSR count). The van der Waals surface area contributed by atoms with Crippen molar-refractivity contribution in [2.45, 2.75) is 30.1 Å². The fourth-order valence-corrected chi connectivity index (χ4v) is 6.11. The van der Waals surface area contributed by atoms with Crippen molar-refractivity contribution in [3.05, 3.63) is 120 Å². The van der Waals surface area contributed by atoms with E-state index in [1.54, 1.807) is 43.3 Å². The number of amides is 1. The molecule has 1 N–H and O–H groups in total. The lowest BCUT2D eigenvalue weighted by molar-refractivity contribution is -0.143. The van der Waals surface area contributed by atoms with E-state index in [0.717, 1.165) is 22.3 Å². The second-order valence-corrected chi connectivity index (χ2v) is 11.4. The van der Waals surface area contributed by atoms with E-state index in [0.29, 0.717) is 5.56 Å². The third kappa shape index (κ3) is 6.63. The number of esters is 1. The molecule has 1 aliphatic carbocycles. The normalized spacial score (nSPS) is 13.0. The molecule has 0 fully saturated rings. The molecule has 216 valence electrons. The summed E-state index contributed by atoms with van der Waals surface area (Å²) in [6.07, 6.45) is -0.656. The van der Waals surface area contributed by atoms with Crippen molar-refractivity contribution in [2.75, 3.05) is 19.8 Å². The summed E-state index contributed by atoms with van der Waals surface area (Å²) in [5.74, 6) is -0.960. The van der Waals surface area contributed by atoms with E-state index >= 15 is 0 Å². The van der Waals surface area contributed by atoms with E-state index in [2.05, 4.69) is 17.4 Å². The van der Waals surface area contributed by atoms with Crippen LogP contribution in [0.4, 0.5) is 4.79 Å². The highest BCUT2D eigenvalue weighted by molar-refractivity contribution is 7.87. The Balaban J connectivity index is 1.27. The number of fused-ring (bicyclic) bond motifs is 3. The fraction of sp³-hybridized carbons (Fsp3) is 0.212. The molecule has 1 unspecified atom stereocenters. The summed E-state index contributed by atoms with van der Waals surface area (Å²) in [6.45, 7) is 2.14. The topological polar surface area (TPSA) is 108 Å². The largest absolute Gasteiger partial charge is 0.466 e. The molecule has 1 atom stereocenters. The molecule has 4 aromatic rings. The van der Waals surface area contributed by atoms with Crippen LogP contribution in [0.25, 0.3) is 11.1 Å². The monoisotopic (exact) mass is 585 g/mol. The van der Waals surface area contributed by atoms with Crippen molar-refractivity contribution < 1.29 is 31.7 Å². The summed E-state index contributed by atoms with van der Waals surface area (Å²) in [4.78, 5) is 25.3. The molecule has 0 bridgehead atoms. The van der Waals surface area contributed by atoms with E-state index in [4.69, 9.17) is 13.7 Å². The van der Waals surface area contributed by atoms with Gasteiger partial charge in [-0.25, -0.2) is 4.79 Å². The van der Waals surface area contributed by atoms with Gasteiger partial charge in [-0.15, -0.1) is 0 Å². The Bertz CT molecular complexity index is 1630. The van der Waals surface area contributed by atoms with Crippen LogP contribution < -0.4 is 9.50 Å². The van der Waals surface area contributed by atoms with E-state index < -0.39 is 28.1 Å². The molecule has 42 heavy (non-hydrogen) atoms. The number of hydrogen-bond donors (Lipinski definition) is 1. The van der Waals surface area contributed by atoms with Gasteiger partial charge < -0.3 is 19.0 Å². The summed E-state index contributed by atoms with van der Waals surface area (Å²) in [5.41, 5.74) is 5.08. The van der Waals surface area contributed by atoms with Gasteiger partial charge in [0.15, 0.2) is 0 Å². The number of rotatable bonds is 11. The first-order valence-corrected chi connectivity index (χ1v) is 15.1. The third-order valence-electron chi connectivity index (χ3n) is 7.12. The first-order chi connectivity index (χ1) is 20.4. The van der Waals surface area contributed by atoms with E-state index in [-0.39, 0.29) is 42.7 Å². The highest BCUT2D eigenvalue weighted by atomic mass is 32.2. The number of hydrogen-bond acceptors (Lipinski definition) is 7. The minimum absolute atomic E-state index is 0.0235. The Kier molecular flexibility index (Phi) is 8.88. The smallest absolute Gasteiger partial charge is 0.407 e. The molecule has 0 saturated heterocycles. The van der Waals surface area contributed by atoms with Crippen LogP contribution in [-0.2, 0) is 24.4 Å². The summed E-state index contributed by atoms with van der Waals surface area (Å²) in [5, 5.41) is 2.77. The molecule has 0 aliphatic heterocycles. The van der Waals surface area contributed by atoms with Gasteiger partial charge in [0.1, 0.15) is 17.3 Å². The maximum atomic E-state index is 12.8. The zero-order chi connectivity index (χ0) is 29.5. The Morgan fingerprint density at radius 1 is 0.810 bits per heavy atom. The lowest BCUT2D eigenvalue weighted by Gasteiger charge is -2.19. The van der Waals surface area contributed by atoms with Crippen LogP contribution in [0, 0.1) is 0 Å². The predicted molar refractivity (Wildman–Crippen MR) is 158 cm³/mol. The van der Waals surface area contributed by atoms with Crippen LogP contribution in [0.1, 0.15) is 41.9 Å². The van der Waals surface area contributed by atoms with E-state index in [1.807, 2.05) is 36.4 Å². The SMILES string of the molecule is CCOC(=O)CC(CNC(=O)OCC1c2ccccc2-c2ccccc21)c1cccc(OS(=O)(=O)c2ccccc2)c1. The quantitative estimate of drug-likeness (QED) is 0.169. The van der Waals surface area contributed by atoms with Gasteiger partial charge in [-0.1, -0.05) is 78.9 Å². The first kappa shape index (κ1) is 28.9. The van der Waals surface area contributed by atoms with Crippen LogP contribution in [0.2, 0.25) is 0 Å².